The fraction of sp³-hybridized carbons (Fsp3) is 0.125. The number of fused-ring (bicyclic) bond motifs is 1. The number of hydrogen-bond acceptors (Lipinski definition) is 3. The average Bonchev–Trinajstić information content (AvgIpc) is 2.71. The predicted octanol–water partition coefficient (Wildman–Crippen LogP) is 2.52. The van der Waals surface area contributed by atoms with Crippen LogP contribution >= 0.6 is 11.6 Å². The third-order valence-electron chi connectivity index (χ3n) is 3.47. The Labute approximate surface area is 126 Å². The van der Waals surface area contributed by atoms with Crippen LogP contribution in [0.5, 0.6) is 0 Å². The van der Waals surface area contributed by atoms with Crippen molar-refractivity contribution in [1.29, 1.82) is 0 Å². The van der Waals surface area contributed by atoms with E-state index in [-0.39, 0.29) is 12.2 Å². The second-order valence-electron chi connectivity index (χ2n) is 4.88. The van der Waals surface area contributed by atoms with Gasteiger partial charge in [0.05, 0.1) is 17.4 Å². The molecule has 0 spiro atoms. The summed E-state index contributed by atoms with van der Waals surface area (Å²) >= 11 is 5.97. The van der Waals surface area contributed by atoms with Crippen molar-refractivity contribution in [3.8, 4) is 0 Å². The van der Waals surface area contributed by atoms with Gasteiger partial charge in [0, 0.05) is 11.1 Å². The molecule has 1 aromatic carbocycles. The smallest absolute Gasteiger partial charge is 0.222 e. The van der Waals surface area contributed by atoms with Crippen molar-refractivity contribution in [3.63, 3.8) is 0 Å². The summed E-state index contributed by atoms with van der Waals surface area (Å²) in [5.41, 5.74) is 7.04. The van der Waals surface area contributed by atoms with Crippen LogP contribution in [0.25, 0.3) is 0 Å². The fourth-order valence-corrected chi connectivity index (χ4v) is 2.80. The molecule has 0 aromatic heterocycles. The Morgan fingerprint density at radius 2 is 2.00 bits per heavy atom. The van der Waals surface area contributed by atoms with Gasteiger partial charge in [-0.2, -0.15) is 0 Å². The van der Waals surface area contributed by atoms with Gasteiger partial charge in [-0.05, 0) is 11.6 Å². The number of carbonyl (C=O) groups is 2. The van der Waals surface area contributed by atoms with E-state index < -0.39 is 11.8 Å². The molecule has 1 amide bonds. The highest BCUT2D eigenvalue weighted by Gasteiger charge is 2.41. The molecule has 106 valence electrons. The van der Waals surface area contributed by atoms with Crippen LogP contribution in [0.15, 0.2) is 64.6 Å². The molecule has 1 heterocycles. The molecule has 3 rings (SSSR count). The Morgan fingerprint density at radius 3 is 2.67 bits per heavy atom. The van der Waals surface area contributed by atoms with E-state index in [1.54, 1.807) is 6.08 Å². The van der Waals surface area contributed by atoms with E-state index in [0.717, 1.165) is 5.56 Å². The number of Topliss-reactive ketones (excluding diaryl/α,β-unsaturated/α-hetero) is 1. The van der Waals surface area contributed by atoms with Crippen molar-refractivity contribution in [2.24, 2.45) is 5.73 Å². The Kier molecular flexibility index (Phi) is 3.39. The quantitative estimate of drug-likeness (QED) is 0.932. The molecule has 21 heavy (non-hydrogen) atoms. The zero-order valence-electron chi connectivity index (χ0n) is 11.0. The number of carbonyl (C=O) groups excluding carboxylic acids is 2. The maximum atomic E-state index is 12.7. The normalized spacial score (nSPS) is 20.6. The maximum Gasteiger partial charge on any atom is 0.222 e. The second-order valence-corrected chi connectivity index (χ2v) is 5.32. The minimum Gasteiger partial charge on any atom is -0.463 e. The van der Waals surface area contributed by atoms with Crippen LogP contribution < -0.4 is 5.73 Å². The third-order valence-corrected chi connectivity index (χ3v) is 3.67. The van der Waals surface area contributed by atoms with E-state index in [2.05, 4.69) is 0 Å². The van der Waals surface area contributed by atoms with Crippen LogP contribution in [0.3, 0.4) is 0 Å². The van der Waals surface area contributed by atoms with E-state index in [9.17, 15) is 9.59 Å². The van der Waals surface area contributed by atoms with Gasteiger partial charge in [-0.1, -0.05) is 41.9 Å². The topological polar surface area (TPSA) is 69.4 Å². The van der Waals surface area contributed by atoms with Crippen molar-refractivity contribution in [2.45, 2.75) is 12.3 Å². The Bertz CT molecular complexity index is 716. The first-order chi connectivity index (χ1) is 10.1. The van der Waals surface area contributed by atoms with Crippen molar-refractivity contribution in [1.82, 2.24) is 0 Å². The zero-order chi connectivity index (χ0) is 15.0. The second kappa shape index (κ2) is 5.22. The lowest BCUT2D eigenvalue weighted by Gasteiger charge is -2.16. The van der Waals surface area contributed by atoms with E-state index in [1.807, 2.05) is 30.3 Å². The molecule has 1 aliphatic carbocycles. The molecule has 0 saturated heterocycles. The Hall–Kier alpha value is -2.33. The van der Waals surface area contributed by atoms with Gasteiger partial charge in [0.1, 0.15) is 12.0 Å². The van der Waals surface area contributed by atoms with Crippen LogP contribution in [0.2, 0.25) is 0 Å². The number of nitrogens with two attached hydrogens (primary N) is 1. The maximum absolute atomic E-state index is 12.7. The first-order valence-corrected chi connectivity index (χ1v) is 6.80. The van der Waals surface area contributed by atoms with Gasteiger partial charge < -0.3 is 10.5 Å². The lowest BCUT2D eigenvalue weighted by Crippen LogP contribution is -2.16. The van der Waals surface area contributed by atoms with Gasteiger partial charge >= 0.3 is 0 Å². The molecule has 1 aliphatic heterocycles. The highest BCUT2D eigenvalue weighted by Crippen LogP contribution is 2.44. The summed E-state index contributed by atoms with van der Waals surface area (Å²) in [6.45, 7) is 0. The predicted molar refractivity (Wildman–Crippen MR) is 78.1 cm³/mol. The number of benzene rings is 1. The van der Waals surface area contributed by atoms with Gasteiger partial charge in [-0.15, -0.1) is 0 Å². The zero-order valence-corrected chi connectivity index (χ0v) is 11.8. The highest BCUT2D eigenvalue weighted by atomic mass is 35.5. The molecule has 0 saturated carbocycles. The Balaban J connectivity index is 2.10. The van der Waals surface area contributed by atoms with E-state index in [1.165, 1.54) is 6.26 Å². The molecule has 4 nitrogen and oxygen atoms in total. The number of halogens is 1. The minimum atomic E-state index is -0.567. The molecule has 5 heteroatoms. The van der Waals surface area contributed by atoms with Crippen LogP contribution in [0.4, 0.5) is 0 Å². The van der Waals surface area contributed by atoms with Crippen LogP contribution in [-0.2, 0) is 14.3 Å². The van der Waals surface area contributed by atoms with Gasteiger partial charge in [0.25, 0.3) is 0 Å². The summed E-state index contributed by atoms with van der Waals surface area (Å²) in [6.07, 6.45) is 2.91. The van der Waals surface area contributed by atoms with Gasteiger partial charge in [0.2, 0.25) is 5.91 Å². The lowest BCUT2D eigenvalue weighted by molar-refractivity contribution is -0.120. The highest BCUT2D eigenvalue weighted by molar-refractivity contribution is 6.31. The molecule has 1 unspecified atom stereocenters. The van der Waals surface area contributed by atoms with Gasteiger partial charge in [0.15, 0.2) is 5.78 Å². The third kappa shape index (κ3) is 2.38. The lowest BCUT2D eigenvalue weighted by atomic mass is 9.90. The van der Waals surface area contributed by atoms with E-state index in [0.29, 0.717) is 21.9 Å². The summed E-state index contributed by atoms with van der Waals surface area (Å²) in [6, 6.07) is 9.31. The molecule has 1 atom stereocenters. The molecule has 0 bridgehead atoms. The van der Waals surface area contributed by atoms with Crippen LogP contribution in [0.1, 0.15) is 17.9 Å². The molecule has 1 aromatic rings. The fourth-order valence-electron chi connectivity index (χ4n) is 2.64. The number of allylic oxidation sites excluding steroid dienone is 3. The molecular weight excluding hydrogens is 290 g/mol. The van der Waals surface area contributed by atoms with Crippen molar-refractivity contribution in [3.05, 3.63) is 70.2 Å². The number of ketones is 1. The number of amides is 1. The van der Waals surface area contributed by atoms with Crippen molar-refractivity contribution >= 4 is 23.3 Å². The van der Waals surface area contributed by atoms with Gasteiger partial charge in [-0.25, -0.2) is 0 Å². The van der Waals surface area contributed by atoms with Crippen LogP contribution in [-0.4, -0.2) is 11.7 Å². The molecule has 2 aliphatic rings. The average molecular weight is 302 g/mol. The van der Waals surface area contributed by atoms with Crippen LogP contribution in [0, 0.1) is 0 Å². The summed E-state index contributed by atoms with van der Waals surface area (Å²) in [4.78, 5) is 23.9. The van der Waals surface area contributed by atoms with E-state index in [4.69, 9.17) is 22.1 Å². The van der Waals surface area contributed by atoms with E-state index >= 15 is 0 Å². The largest absolute Gasteiger partial charge is 0.463 e. The molecular formula is C16H12ClNO3. The number of primary amides is 1. The Morgan fingerprint density at radius 1 is 1.29 bits per heavy atom. The molecule has 2 N–H and O–H groups in total. The summed E-state index contributed by atoms with van der Waals surface area (Å²) < 4.78 is 5.44. The number of rotatable bonds is 3. The van der Waals surface area contributed by atoms with Gasteiger partial charge in [-0.3, -0.25) is 9.59 Å². The summed E-state index contributed by atoms with van der Waals surface area (Å²) in [7, 11) is 0. The molecule has 0 fully saturated rings. The number of ether oxygens (including phenoxy) is 1. The number of hydrogen-bond donors (Lipinski definition) is 1. The SMILES string of the molecule is NC(=O)CC1=C2OC=C(Cl)C=C2C(c2ccccc2)C1=O. The van der Waals surface area contributed by atoms with Crippen molar-refractivity contribution < 1.29 is 14.3 Å². The molecule has 0 radical (unpaired) electrons. The monoisotopic (exact) mass is 301 g/mol. The summed E-state index contributed by atoms with van der Waals surface area (Å²) in [5.74, 6) is -0.834. The first-order valence-electron chi connectivity index (χ1n) is 6.43. The minimum absolute atomic E-state index is 0.139. The summed E-state index contributed by atoms with van der Waals surface area (Å²) in [5, 5.41) is 0.405. The van der Waals surface area contributed by atoms with Crippen molar-refractivity contribution in [2.75, 3.05) is 0 Å². The first kappa shape index (κ1) is 13.6. The standard InChI is InChI=1S/C16H12ClNO3/c17-10-6-11-14(9-4-2-1-3-5-9)15(20)12(7-13(18)19)16(11)21-8-10/h1-6,8,14H,7H2,(H2,18,19).